The van der Waals surface area contributed by atoms with Gasteiger partial charge in [-0.25, -0.2) is 0 Å². The average molecular weight is 323 g/mol. The number of thiophene rings is 1. The Kier molecular flexibility index (Phi) is 5.78. The Morgan fingerprint density at radius 1 is 1.14 bits per heavy atom. The van der Waals surface area contributed by atoms with Crippen LogP contribution in [0.3, 0.4) is 0 Å². The number of rotatable bonds is 6. The van der Waals surface area contributed by atoms with E-state index in [9.17, 15) is 9.59 Å². The zero-order chi connectivity index (χ0) is 15.1. The van der Waals surface area contributed by atoms with Gasteiger partial charge in [-0.1, -0.05) is 29.8 Å². The van der Waals surface area contributed by atoms with Crippen molar-refractivity contribution in [3.05, 3.63) is 57.2 Å². The first-order valence-electron chi connectivity index (χ1n) is 6.48. The van der Waals surface area contributed by atoms with Gasteiger partial charge in [-0.15, -0.1) is 11.3 Å². The Hall–Kier alpha value is -1.85. The summed E-state index contributed by atoms with van der Waals surface area (Å²) < 4.78 is 0. The Balaban J connectivity index is 1.67. The van der Waals surface area contributed by atoms with Crippen LogP contribution in [0.2, 0.25) is 5.02 Å². The van der Waals surface area contributed by atoms with Gasteiger partial charge >= 0.3 is 0 Å². The molecule has 0 atom stereocenters. The minimum Gasteiger partial charge on any atom is -0.352 e. The Labute approximate surface area is 132 Å². The van der Waals surface area contributed by atoms with Crippen molar-refractivity contribution in [1.29, 1.82) is 0 Å². The summed E-state index contributed by atoms with van der Waals surface area (Å²) in [5, 5.41) is 7.98. The van der Waals surface area contributed by atoms with Gasteiger partial charge in [0, 0.05) is 24.5 Å². The molecule has 4 nitrogen and oxygen atoms in total. The number of benzene rings is 1. The molecule has 0 aliphatic heterocycles. The quantitative estimate of drug-likeness (QED) is 0.859. The second-order valence-electron chi connectivity index (χ2n) is 4.39. The van der Waals surface area contributed by atoms with Gasteiger partial charge in [0.2, 0.25) is 5.91 Å². The van der Waals surface area contributed by atoms with Crippen LogP contribution in [0, 0.1) is 0 Å². The molecule has 2 amide bonds. The third kappa shape index (κ3) is 5.21. The standard InChI is InChI=1S/C15H15ClN2O2S/c16-12-4-1-3-11(9-12)10-18-14(19)6-7-17-15(20)13-5-2-8-21-13/h1-5,8-9H,6-7,10H2,(H,17,20)(H,18,19). The smallest absolute Gasteiger partial charge is 0.261 e. The SMILES string of the molecule is O=C(CCNC(=O)c1cccs1)NCc1cccc(Cl)c1. The molecule has 1 aromatic carbocycles. The summed E-state index contributed by atoms with van der Waals surface area (Å²) in [5.74, 6) is -0.255. The van der Waals surface area contributed by atoms with Crippen molar-refractivity contribution in [2.24, 2.45) is 0 Å². The number of amides is 2. The lowest BCUT2D eigenvalue weighted by atomic mass is 10.2. The summed E-state index contributed by atoms with van der Waals surface area (Å²) in [7, 11) is 0. The van der Waals surface area contributed by atoms with Crippen LogP contribution in [-0.2, 0) is 11.3 Å². The normalized spacial score (nSPS) is 10.1. The summed E-state index contributed by atoms with van der Waals surface area (Å²) in [6.07, 6.45) is 0.248. The third-order valence-corrected chi connectivity index (χ3v) is 3.87. The van der Waals surface area contributed by atoms with Crippen LogP contribution in [0.15, 0.2) is 41.8 Å². The van der Waals surface area contributed by atoms with Gasteiger partial charge in [0.15, 0.2) is 0 Å². The number of carbonyl (C=O) groups excluding carboxylic acids is 2. The molecule has 0 aliphatic rings. The maximum atomic E-state index is 11.7. The first-order chi connectivity index (χ1) is 10.1. The van der Waals surface area contributed by atoms with Gasteiger partial charge < -0.3 is 10.6 Å². The zero-order valence-electron chi connectivity index (χ0n) is 11.3. The summed E-state index contributed by atoms with van der Waals surface area (Å²) in [6, 6.07) is 10.9. The van der Waals surface area contributed by atoms with Crippen molar-refractivity contribution in [3.8, 4) is 0 Å². The highest BCUT2D eigenvalue weighted by Gasteiger charge is 2.07. The predicted molar refractivity (Wildman–Crippen MR) is 84.6 cm³/mol. The molecule has 0 bridgehead atoms. The fourth-order valence-electron chi connectivity index (χ4n) is 1.72. The molecule has 0 fully saturated rings. The van der Waals surface area contributed by atoms with E-state index in [0.717, 1.165) is 5.56 Å². The van der Waals surface area contributed by atoms with Crippen LogP contribution in [-0.4, -0.2) is 18.4 Å². The monoisotopic (exact) mass is 322 g/mol. The number of hydrogen-bond acceptors (Lipinski definition) is 3. The molecule has 6 heteroatoms. The summed E-state index contributed by atoms with van der Waals surface area (Å²) in [5.41, 5.74) is 0.943. The van der Waals surface area contributed by atoms with E-state index in [1.54, 1.807) is 18.2 Å². The highest BCUT2D eigenvalue weighted by molar-refractivity contribution is 7.12. The summed E-state index contributed by atoms with van der Waals surface area (Å²) >= 11 is 7.24. The molecule has 0 saturated heterocycles. The van der Waals surface area contributed by atoms with E-state index in [1.165, 1.54) is 11.3 Å². The van der Waals surface area contributed by atoms with Crippen LogP contribution >= 0.6 is 22.9 Å². The molecular formula is C15H15ClN2O2S. The summed E-state index contributed by atoms with van der Waals surface area (Å²) in [4.78, 5) is 24.0. The molecule has 2 N–H and O–H groups in total. The van der Waals surface area contributed by atoms with Crippen molar-refractivity contribution in [1.82, 2.24) is 10.6 Å². The number of carbonyl (C=O) groups is 2. The molecule has 110 valence electrons. The molecule has 0 aliphatic carbocycles. The van der Waals surface area contributed by atoms with Gasteiger partial charge in [-0.05, 0) is 29.1 Å². The number of halogens is 1. The van der Waals surface area contributed by atoms with Crippen molar-refractivity contribution in [2.75, 3.05) is 6.54 Å². The molecule has 2 aromatic rings. The van der Waals surface area contributed by atoms with Crippen LogP contribution in [0.25, 0.3) is 0 Å². The van der Waals surface area contributed by atoms with Crippen LogP contribution in [0.1, 0.15) is 21.7 Å². The van der Waals surface area contributed by atoms with E-state index in [2.05, 4.69) is 10.6 Å². The Morgan fingerprint density at radius 2 is 2.00 bits per heavy atom. The van der Waals surface area contributed by atoms with Crippen LogP contribution in [0.5, 0.6) is 0 Å². The van der Waals surface area contributed by atoms with Crippen molar-refractivity contribution < 1.29 is 9.59 Å². The van der Waals surface area contributed by atoms with Gasteiger partial charge in [0.05, 0.1) is 4.88 Å². The van der Waals surface area contributed by atoms with Crippen molar-refractivity contribution >= 4 is 34.8 Å². The summed E-state index contributed by atoms with van der Waals surface area (Å²) in [6.45, 7) is 0.746. The lowest BCUT2D eigenvalue weighted by Crippen LogP contribution is -2.30. The molecule has 1 heterocycles. The first kappa shape index (κ1) is 15.5. The fourth-order valence-corrected chi connectivity index (χ4v) is 2.57. The lowest BCUT2D eigenvalue weighted by Gasteiger charge is -2.06. The van der Waals surface area contributed by atoms with E-state index in [1.807, 2.05) is 23.6 Å². The topological polar surface area (TPSA) is 58.2 Å². The molecule has 21 heavy (non-hydrogen) atoms. The van der Waals surface area contributed by atoms with Gasteiger partial charge in [0.25, 0.3) is 5.91 Å². The van der Waals surface area contributed by atoms with Crippen LogP contribution < -0.4 is 10.6 Å². The van der Waals surface area contributed by atoms with Crippen LogP contribution in [0.4, 0.5) is 0 Å². The van der Waals surface area contributed by atoms with Gasteiger partial charge in [-0.2, -0.15) is 0 Å². The highest BCUT2D eigenvalue weighted by atomic mass is 35.5. The second-order valence-corrected chi connectivity index (χ2v) is 5.77. The van der Waals surface area contributed by atoms with E-state index in [0.29, 0.717) is 23.0 Å². The molecule has 0 radical (unpaired) electrons. The van der Waals surface area contributed by atoms with Gasteiger partial charge in [0.1, 0.15) is 0 Å². The minimum absolute atomic E-state index is 0.110. The largest absolute Gasteiger partial charge is 0.352 e. The van der Waals surface area contributed by atoms with Crippen molar-refractivity contribution in [2.45, 2.75) is 13.0 Å². The predicted octanol–water partition coefficient (Wildman–Crippen LogP) is 2.84. The van der Waals surface area contributed by atoms with E-state index < -0.39 is 0 Å². The number of nitrogens with one attached hydrogen (secondary N) is 2. The third-order valence-electron chi connectivity index (χ3n) is 2.76. The average Bonchev–Trinajstić information content (AvgIpc) is 2.99. The number of hydrogen-bond donors (Lipinski definition) is 2. The second kappa shape index (κ2) is 7.81. The molecule has 2 rings (SSSR count). The molecule has 1 aromatic heterocycles. The van der Waals surface area contributed by atoms with Crippen molar-refractivity contribution in [3.63, 3.8) is 0 Å². The molecule has 0 spiro atoms. The maximum absolute atomic E-state index is 11.7. The first-order valence-corrected chi connectivity index (χ1v) is 7.74. The lowest BCUT2D eigenvalue weighted by molar-refractivity contribution is -0.121. The molecular weight excluding hydrogens is 308 g/mol. The Bertz CT molecular complexity index is 614. The van der Waals surface area contributed by atoms with E-state index in [4.69, 9.17) is 11.6 Å². The zero-order valence-corrected chi connectivity index (χ0v) is 12.8. The highest BCUT2D eigenvalue weighted by Crippen LogP contribution is 2.10. The minimum atomic E-state index is -0.146. The Morgan fingerprint density at radius 3 is 2.71 bits per heavy atom. The molecule has 0 saturated carbocycles. The van der Waals surface area contributed by atoms with E-state index >= 15 is 0 Å². The maximum Gasteiger partial charge on any atom is 0.261 e. The van der Waals surface area contributed by atoms with Gasteiger partial charge in [-0.3, -0.25) is 9.59 Å². The molecule has 0 unspecified atom stereocenters. The van der Waals surface area contributed by atoms with E-state index in [-0.39, 0.29) is 18.2 Å². The fraction of sp³-hybridized carbons (Fsp3) is 0.200.